The van der Waals surface area contributed by atoms with Crippen LogP contribution in [0.2, 0.25) is 0 Å². The first-order chi connectivity index (χ1) is 8.22. The molecule has 0 aliphatic carbocycles. The van der Waals surface area contributed by atoms with E-state index in [4.69, 9.17) is 9.84 Å². The average molecular weight is 242 g/mol. The number of nitrogens with zero attached hydrogens (tertiary/aromatic N) is 2. The molecule has 0 spiro atoms. The summed E-state index contributed by atoms with van der Waals surface area (Å²) in [5.41, 5.74) is 0. The van der Waals surface area contributed by atoms with E-state index in [0.717, 1.165) is 45.8 Å². The Labute approximate surface area is 102 Å². The van der Waals surface area contributed by atoms with E-state index in [1.807, 2.05) is 6.92 Å². The van der Waals surface area contributed by atoms with Gasteiger partial charge in [-0.3, -0.25) is 14.6 Å². The Morgan fingerprint density at radius 3 is 2.71 bits per heavy atom. The number of hydrogen-bond donors (Lipinski definition) is 1. The van der Waals surface area contributed by atoms with Crippen molar-refractivity contribution in [3.05, 3.63) is 0 Å². The second-order valence-corrected chi connectivity index (χ2v) is 4.85. The Morgan fingerprint density at radius 1 is 1.41 bits per heavy atom. The first kappa shape index (κ1) is 12.8. The van der Waals surface area contributed by atoms with Gasteiger partial charge in [0.25, 0.3) is 0 Å². The number of hydrogen-bond acceptors (Lipinski definition) is 4. The van der Waals surface area contributed by atoms with Crippen LogP contribution in [-0.4, -0.2) is 72.4 Å². The maximum Gasteiger partial charge on any atom is 0.320 e. The third-order valence-electron chi connectivity index (χ3n) is 3.87. The predicted octanol–water partition coefficient (Wildman–Crippen LogP) is 0.256. The summed E-state index contributed by atoms with van der Waals surface area (Å²) in [6, 6.07) is 0.216. The summed E-state index contributed by atoms with van der Waals surface area (Å²) >= 11 is 0. The Morgan fingerprint density at radius 2 is 2.12 bits per heavy atom. The quantitative estimate of drug-likeness (QED) is 0.766. The van der Waals surface area contributed by atoms with Crippen LogP contribution in [-0.2, 0) is 9.53 Å². The minimum Gasteiger partial charge on any atom is -0.480 e. The van der Waals surface area contributed by atoms with Gasteiger partial charge >= 0.3 is 5.97 Å². The highest BCUT2D eigenvalue weighted by Crippen LogP contribution is 2.20. The number of aliphatic carboxylic acids is 1. The van der Waals surface area contributed by atoms with Crippen LogP contribution in [0.15, 0.2) is 0 Å². The van der Waals surface area contributed by atoms with Gasteiger partial charge in [-0.15, -0.1) is 0 Å². The van der Waals surface area contributed by atoms with E-state index >= 15 is 0 Å². The van der Waals surface area contributed by atoms with Gasteiger partial charge in [-0.25, -0.2) is 0 Å². The van der Waals surface area contributed by atoms with Crippen LogP contribution in [0.3, 0.4) is 0 Å². The molecule has 0 bridgehead atoms. The summed E-state index contributed by atoms with van der Waals surface area (Å²) in [4.78, 5) is 15.7. The molecule has 1 N–H and O–H groups in total. The van der Waals surface area contributed by atoms with Crippen molar-refractivity contribution in [3.8, 4) is 0 Å². The van der Waals surface area contributed by atoms with Crippen molar-refractivity contribution in [2.45, 2.75) is 31.8 Å². The molecule has 2 rings (SSSR count). The Kier molecular flexibility index (Phi) is 4.36. The maximum atomic E-state index is 11.1. The standard InChI is InChI=1S/C12H22N2O3/c1-2-11(12(15)16)14-4-3-10(9-14)13-5-7-17-8-6-13/h10-11H,2-9H2,1H3,(H,15,16). The van der Waals surface area contributed by atoms with E-state index in [9.17, 15) is 4.79 Å². The Hall–Kier alpha value is -0.650. The molecule has 17 heavy (non-hydrogen) atoms. The zero-order chi connectivity index (χ0) is 12.3. The van der Waals surface area contributed by atoms with Gasteiger partial charge in [0.2, 0.25) is 0 Å². The molecule has 98 valence electrons. The fraction of sp³-hybridized carbons (Fsp3) is 0.917. The molecular formula is C12H22N2O3. The van der Waals surface area contributed by atoms with E-state index in [1.54, 1.807) is 0 Å². The van der Waals surface area contributed by atoms with Crippen molar-refractivity contribution < 1.29 is 14.6 Å². The summed E-state index contributed by atoms with van der Waals surface area (Å²) in [7, 11) is 0. The second-order valence-electron chi connectivity index (χ2n) is 4.85. The number of morpholine rings is 1. The van der Waals surface area contributed by atoms with Gasteiger partial charge in [0.1, 0.15) is 6.04 Å². The molecule has 0 aromatic heterocycles. The number of rotatable bonds is 4. The van der Waals surface area contributed by atoms with Crippen LogP contribution in [0, 0.1) is 0 Å². The van der Waals surface area contributed by atoms with Gasteiger partial charge < -0.3 is 9.84 Å². The number of carboxylic acids is 1. The molecule has 0 saturated carbocycles. The Bertz CT molecular complexity index is 266. The van der Waals surface area contributed by atoms with Crippen molar-refractivity contribution in [1.82, 2.24) is 9.80 Å². The third kappa shape index (κ3) is 2.97. The normalized spacial score (nSPS) is 29.4. The smallest absolute Gasteiger partial charge is 0.320 e. The van der Waals surface area contributed by atoms with E-state index < -0.39 is 5.97 Å². The van der Waals surface area contributed by atoms with Crippen LogP contribution in [0.4, 0.5) is 0 Å². The molecule has 2 aliphatic rings. The lowest BCUT2D eigenvalue weighted by molar-refractivity contribution is -0.143. The van der Waals surface area contributed by atoms with Crippen molar-refractivity contribution in [1.29, 1.82) is 0 Å². The highest BCUT2D eigenvalue weighted by molar-refractivity contribution is 5.73. The van der Waals surface area contributed by atoms with Crippen molar-refractivity contribution in [2.24, 2.45) is 0 Å². The molecule has 2 atom stereocenters. The molecule has 0 aromatic carbocycles. The third-order valence-corrected chi connectivity index (χ3v) is 3.87. The van der Waals surface area contributed by atoms with E-state index in [1.165, 1.54) is 0 Å². The van der Waals surface area contributed by atoms with Gasteiger partial charge in [0.05, 0.1) is 13.2 Å². The minimum absolute atomic E-state index is 0.305. The molecule has 5 heteroatoms. The maximum absolute atomic E-state index is 11.1. The zero-order valence-electron chi connectivity index (χ0n) is 10.5. The topological polar surface area (TPSA) is 53.0 Å². The first-order valence-electron chi connectivity index (χ1n) is 6.51. The van der Waals surface area contributed by atoms with E-state index in [2.05, 4.69) is 9.80 Å². The van der Waals surface area contributed by atoms with Crippen LogP contribution < -0.4 is 0 Å². The van der Waals surface area contributed by atoms with Crippen molar-refractivity contribution >= 4 is 5.97 Å². The lowest BCUT2D eigenvalue weighted by Crippen LogP contribution is -2.46. The highest BCUT2D eigenvalue weighted by atomic mass is 16.5. The molecule has 0 aromatic rings. The average Bonchev–Trinajstić information content (AvgIpc) is 2.80. The van der Waals surface area contributed by atoms with E-state index in [0.29, 0.717) is 12.5 Å². The fourth-order valence-corrected chi connectivity index (χ4v) is 2.88. The zero-order valence-corrected chi connectivity index (χ0v) is 10.5. The van der Waals surface area contributed by atoms with Gasteiger partial charge in [0.15, 0.2) is 0 Å². The molecule has 2 heterocycles. The van der Waals surface area contributed by atoms with Crippen molar-refractivity contribution in [3.63, 3.8) is 0 Å². The minimum atomic E-state index is -0.685. The Balaban J connectivity index is 1.87. The van der Waals surface area contributed by atoms with Crippen LogP contribution in [0.5, 0.6) is 0 Å². The molecule has 2 fully saturated rings. The number of likely N-dealkylation sites (tertiary alicyclic amines) is 1. The molecule has 0 radical (unpaired) electrons. The largest absolute Gasteiger partial charge is 0.480 e. The lowest BCUT2D eigenvalue weighted by Gasteiger charge is -2.32. The first-order valence-corrected chi connectivity index (χ1v) is 6.51. The predicted molar refractivity (Wildman–Crippen MR) is 64.1 cm³/mol. The molecule has 5 nitrogen and oxygen atoms in total. The summed E-state index contributed by atoms with van der Waals surface area (Å²) in [6.07, 6.45) is 1.77. The second kappa shape index (κ2) is 5.80. The number of carboxylic acid groups (broad SMARTS) is 1. The molecule has 0 amide bonds. The van der Waals surface area contributed by atoms with E-state index in [-0.39, 0.29) is 6.04 Å². The van der Waals surface area contributed by atoms with Gasteiger partial charge in [-0.05, 0) is 12.8 Å². The van der Waals surface area contributed by atoms with Crippen LogP contribution >= 0.6 is 0 Å². The number of ether oxygens (including phenoxy) is 1. The summed E-state index contributed by atoms with van der Waals surface area (Å²) < 4.78 is 5.34. The SMILES string of the molecule is CCC(C(=O)O)N1CCC(N2CCOCC2)C1. The van der Waals surface area contributed by atoms with Crippen LogP contribution in [0.1, 0.15) is 19.8 Å². The van der Waals surface area contributed by atoms with Gasteiger partial charge in [0, 0.05) is 32.2 Å². The summed E-state index contributed by atoms with van der Waals surface area (Å²) in [5.74, 6) is -0.685. The van der Waals surface area contributed by atoms with Gasteiger partial charge in [-0.2, -0.15) is 0 Å². The molecule has 2 saturated heterocycles. The summed E-state index contributed by atoms with van der Waals surface area (Å²) in [6.45, 7) is 7.35. The molecule has 2 unspecified atom stereocenters. The molecule has 2 aliphatic heterocycles. The highest BCUT2D eigenvalue weighted by Gasteiger charge is 2.34. The fourth-order valence-electron chi connectivity index (χ4n) is 2.88. The van der Waals surface area contributed by atoms with Crippen LogP contribution in [0.25, 0.3) is 0 Å². The lowest BCUT2D eigenvalue weighted by atomic mass is 10.2. The monoisotopic (exact) mass is 242 g/mol. The van der Waals surface area contributed by atoms with Crippen molar-refractivity contribution in [2.75, 3.05) is 39.4 Å². The summed E-state index contributed by atoms with van der Waals surface area (Å²) in [5, 5.41) is 9.15. The van der Waals surface area contributed by atoms with Gasteiger partial charge in [-0.1, -0.05) is 6.92 Å². The number of carbonyl (C=O) groups is 1. The molecular weight excluding hydrogens is 220 g/mol.